The van der Waals surface area contributed by atoms with Gasteiger partial charge in [0.05, 0.1) is 24.1 Å². The van der Waals surface area contributed by atoms with Crippen LogP contribution in [0.1, 0.15) is 16.2 Å². The molecule has 0 bridgehead atoms. The van der Waals surface area contributed by atoms with Gasteiger partial charge in [-0.25, -0.2) is 4.68 Å². The molecule has 8 heteroatoms. The van der Waals surface area contributed by atoms with Crippen LogP contribution in [0.2, 0.25) is 0 Å². The quantitative estimate of drug-likeness (QED) is 0.740. The molecule has 0 saturated carbocycles. The first kappa shape index (κ1) is 16.1. The van der Waals surface area contributed by atoms with Crippen LogP contribution in [0.15, 0.2) is 42.9 Å². The van der Waals surface area contributed by atoms with E-state index in [2.05, 4.69) is 20.4 Å². The Kier molecular flexibility index (Phi) is 4.00. The minimum atomic E-state index is -0.254. The summed E-state index contributed by atoms with van der Waals surface area (Å²) in [5.74, 6) is -0.409. The third-order valence-electron chi connectivity index (χ3n) is 4.29. The molecule has 0 spiro atoms. The van der Waals surface area contributed by atoms with Gasteiger partial charge in [0, 0.05) is 36.7 Å². The van der Waals surface area contributed by atoms with Crippen molar-refractivity contribution in [1.29, 1.82) is 0 Å². The van der Waals surface area contributed by atoms with E-state index in [0.29, 0.717) is 18.8 Å². The average molecular weight is 350 g/mol. The van der Waals surface area contributed by atoms with Gasteiger partial charge in [-0.3, -0.25) is 14.6 Å². The molecule has 0 atom stereocenters. The summed E-state index contributed by atoms with van der Waals surface area (Å²) in [6, 6.07) is 7.47. The van der Waals surface area contributed by atoms with Crippen LogP contribution in [0.3, 0.4) is 0 Å². The maximum Gasteiger partial charge on any atom is 0.274 e. The van der Waals surface area contributed by atoms with Crippen LogP contribution in [-0.4, -0.2) is 56.1 Å². The van der Waals surface area contributed by atoms with Crippen molar-refractivity contribution >= 4 is 11.8 Å². The van der Waals surface area contributed by atoms with E-state index in [0.717, 1.165) is 22.6 Å². The topological polar surface area (TPSA) is 95.9 Å². The first-order chi connectivity index (χ1) is 12.6. The molecule has 132 valence electrons. The van der Waals surface area contributed by atoms with Crippen LogP contribution < -0.4 is 5.32 Å². The first-order valence-corrected chi connectivity index (χ1v) is 8.34. The van der Waals surface area contributed by atoms with Crippen LogP contribution in [0, 0.1) is 6.92 Å². The zero-order valence-electron chi connectivity index (χ0n) is 14.3. The van der Waals surface area contributed by atoms with Crippen molar-refractivity contribution in [3.05, 3.63) is 54.2 Å². The second-order valence-corrected chi connectivity index (χ2v) is 6.16. The van der Waals surface area contributed by atoms with Crippen molar-refractivity contribution < 1.29 is 9.59 Å². The lowest BCUT2D eigenvalue weighted by molar-refractivity contribution is -0.123. The van der Waals surface area contributed by atoms with Crippen molar-refractivity contribution in [2.75, 3.05) is 19.6 Å². The van der Waals surface area contributed by atoms with Crippen LogP contribution in [-0.2, 0) is 4.79 Å². The Morgan fingerprint density at radius 3 is 2.85 bits per heavy atom. The predicted molar refractivity (Wildman–Crippen MR) is 94.8 cm³/mol. The van der Waals surface area contributed by atoms with Crippen LogP contribution >= 0.6 is 0 Å². The summed E-state index contributed by atoms with van der Waals surface area (Å²) in [4.78, 5) is 33.2. The van der Waals surface area contributed by atoms with E-state index in [9.17, 15) is 9.59 Å². The van der Waals surface area contributed by atoms with Gasteiger partial charge in [-0.15, -0.1) is 0 Å². The summed E-state index contributed by atoms with van der Waals surface area (Å²) in [6.07, 6.45) is 5.38. The van der Waals surface area contributed by atoms with Crippen LogP contribution in [0.5, 0.6) is 0 Å². The Morgan fingerprint density at radius 1 is 1.27 bits per heavy atom. The molecule has 1 fully saturated rings. The number of carbonyl (C=O) groups excluding carboxylic acids is 2. The number of hydrogen-bond acceptors (Lipinski definition) is 4. The average Bonchev–Trinajstić information content (AvgIpc) is 3.31. The molecule has 8 nitrogen and oxygen atoms in total. The maximum absolute atomic E-state index is 12.8. The van der Waals surface area contributed by atoms with Crippen molar-refractivity contribution in [3.8, 4) is 16.9 Å². The maximum atomic E-state index is 12.8. The largest absolute Gasteiger partial charge is 0.367 e. The summed E-state index contributed by atoms with van der Waals surface area (Å²) < 4.78 is 1.70. The monoisotopic (exact) mass is 350 g/mol. The molecule has 0 radical (unpaired) electrons. The second-order valence-electron chi connectivity index (χ2n) is 6.16. The highest BCUT2D eigenvalue weighted by molar-refractivity contribution is 5.96. The zero-order valence-corrected chi connectivity index (χ0v) is 14.3. The Bertz CT molecular complexity index is 943. The highest BCUT2D eigenvalue weighted by Gasteiger charge is 2.25. The summed E-state index contributed by atoms with van der Waals surface area (Å²) in [5, 5.41) is 7.22. The van der Waals surface area contributed by atoms with Crippen molar-refractivity contribution in [2.45, 2.75) is 6.92 Å². The van der Waals surface area contributed by atoms with E-state index in [1.54, 1.807) is 16.9 Å². The van der Waals surface area contributed by atoms with Gasteiger partial charge in [0.15, 0.2) is 5.69 Å². The fraction of sp³-hybridized carbons (Fsp3) is 0.222. The molecule has 2 N–H and O–H groups in total. The Hall–Kier alpha value is -3.42. The molecule has 3 aromatic rings. The van der Waals surface area contributed by atoms with Gasteiger partial charge >= 0.3 is 0 Å². The fourth-order valence-corrected chi connectivity index (χ4v) is 2.93. The van der Waals surface area contributed by atoms with Gasteiger partial charge in [-0.2, -0.15) is 5.10 Å². The zero-order chi connectivity index (χ0) is 18.1. The lowest BCUT2D eigenvalue weighted by Crippen LogP contribution is -2.50. The lowest BCUT2D eigenvalue weighted by Gasteiger charge is -2.25. The number of rotatable bonds is 3. The molecule has 0 unspecified atom stereocenters. The molecular formula is C18H18N6O2. The number of aromatic nitrogens is 4. The molecule has 2 amide bonds. The number of H-pyrrole nitrogens is 1. The van der Waals surface area contributed by atoms with Gasteiger partial charge < -0.3 is 15.2 Å². The number of pyridine rings is 1. The van der Waals surface area contributed by atoms with Crippen LogP contribution in [0.25, 0.3) is 16.9 Å². The highest BCUT2D eigenvalue weighted by atomic mass is 16.2. The molecule has 4 rings (SSSR count). The number of piperazine rings is 1. The molecular weight excluding hydrogens is 332 g/mol. The Balaban J connectivity index is 1.75. The lowest BCUT2D eigenvalue weighted by atomic mass is 10.2. The third kappa shape index (κ3) is 2.97. The molecule has 0 aliphatic carbocycles. The minimum absolute atomic E-state index is 0.0528. The number of nitrogens with one attached hydrogen (secondary N) is 2. The van der Waals surface area contributed by atoms with E-state index in [-0.39, 0.29) is 18.4 Å². The van der Waals surface area contributed by atoms with E-state index in [1.165, 1.54) is 4.90 Å². The molecule has 3 aromatic heterocycles. The number of nitrogens with zero attached hydrogens (tertiary/aromatic N) is 4. The fourth-order valence-electron chi connectivity index (χ4n) is 2.93. The molecule has 1 aliphatic rings. The molecule has 1 aliphatic heterocycles. The number of hydrogen-bond donors (Lipinski definition) is 2. The standard InChI is InChI=1S/C18H18N6O2/c1-12-2-3-14(10-21-12)24-16(13-4-5-19-9-13)8-15(22-24)18(26)23-7-6-20-17(25)11-23/h2-5,8-10,19H,6-7,11H2,1H3,(H,20,25). The first-order valence-electron chi connectivity index (χ1n) is 8.34. The Morgan fingerprint density at radius 2 is 2.15 bits per heavy atom. The van der Waals surface area contributed by atoms with Crippen molar-refractivity contribution in [1.82, 2.24) is 30.0 Å². The van der Waals surface area contributed by atoms with E-state index >= 15 is 0 Å². The molecule has 4 heterocycles. The summed E-state index contributed by atoms with van der Waals surface area (Å²) in [7, 11) is 0. The van der Waals surface area contributed by atoms with Gasteiger partial charge in [0.25, 0.3) is 5.91 Å². The van der Waals surface area contributed by atoms with E-state index in [4.69, 9.17) is 0 Å². The van der Waals surface area contributed by atoms with Crippen molar-refractivity contribution in [2.24, 2.45) is 0 Å². The van der Waals surface area contributed by atoms with Crippen molar-refractivity contribution in [3.63, 3.8) is 0 Å². The normalized spacial score (nSPS) is 14.3. The number of aryl methyl sites for hydroxylation is 1. The van der Waals surface area contributed by atoms with Gasteiger partial charge in [-0.05, 0) is 31.2 Å². The summed E-state index contributed by atoms with van der Waals surface area (Å²) in [6.45, 7) is 2.90. The smallest absolute Gasteiger partial charge is 0.274 e. The number of carbonyl (C=O) groups is 2. The number of aromatic amines is 1. The molecule has 26 heavy (non-hydrogen) atoms. The predicted octanol–water partition coefficient (Wildman–Crippen LogP) is 1.14. The summed E-state index contributed by atoms with van der Waals surface area (Å²) >= 11 is 0. The molecule has 1 saturated heterocycles. The SMILES string of the molecule is Cc1ccc(-n2nc(C(=O)N3CCNC(=O)C3)cc2-c2cc[nH]c2)cn1. The summed E-state index contributed by atoms with van der Waals surface area (Å²) in [5.41, 5.74) is 3.66. The second kappa shape index (κ2) is 6.47. The highest BCUT2D eigenvalue weighted by Crippen LogP contribution is 2.24. The molecule has 0 aromatic carbocycles. The van der Waals surface area contributed by atoms with Gasteiger partial charge in [0.2, 0.25) is 5.91 Å². The van der Waals surface area contributed by atoms with E-state index < -0.39 is 0 Å². The Labute approximate surface area is 149 Å². The number of amides is 2. The van der Waals surface area contributed by atoms with Gasteiger partial charge in [0.1, 0.15) is 0 Å². The third-order valence-corrected chi connectivity index (χ3v) is 4.29. The van der Waals surface area contributed by atoms with Crippen LogP contribution in [0.4, 0.5) is 0 Å². The van der Waals surface area contributed by atoms with E-state index in [1.807, 2.05) is 37.5 Å². The van der Waals surface area contributed by atoms with Gasteiger partial charge in [-0.1, -0.05) is 0 Å². The minimum Gasteiger partial charge on any atom is -0.367 e.